The van der Waals surface area contributed by atoms with Crippen molar-refractivity contribution in [2.45, 2.75) is 0 Å². The quantitative estimate of drug-likeness (QED) is 0.164. The van der Waals surface area contributed by atoms with Crippen molar-refractivity contribution in [3.8, 4) is 6.07 Å². The minimum atomic E-state index is 0.373. The zero-order chi connectivity index (χ0) is 46.0. The number of benzene rings is 11. The van der Waals surface area contributed by atoms with E-state index < -0.39 is 0 Å². The summed E-state index contributed by atoms with van der Waals surface area (Å²) in [6.45, 7) is 0. The van der Waals surface area contributed by atoms with Crippen LogP contribution in [0.1, 0.15) is 5.56 Å². The second kappa shape index (κ2) is 14.6. The van der Waals surface area contributed by atoms with Crippen molar-refractivity contribution in [3.05, 3.63) is 218 Å². The van der Waals surface area contributed by atoms with Crippen molar-refractivity contribution in [3.63, 3.8) is 0 Å². The van der Waals surface area contributed by atoms with Gasteiger partial charge < -0.3 is 27.5 Å². The van der Waals surface area contributed by atoms with Crippen LogP contribution in [-0.4, -0.2) is 0 Å². The number of hydrogen-bond donors (Lipinski definition) is 0. The van der Waals surface area contributed by atoms with Gasteiger partial charge in [0, 0.05) is 65.8 Å². The Kier molecular flexibility index (Phi) is 8.01. The first-order valence-electron chi connectivity index (χ1n) is 23.3. The maximum absolute atomic E-state index is 10.8. The average Bonchev–Trinajstić information content (AvgIpc) is 4.18. The van der Waals surface area contributed by atoms with E-state index in [4.69, 9.17) is 17.7 Å². The van der Waals surface area contributed by atoms with Gasteiger partial charge in [0.1, 0.15) is 34.0 Å². The molecule has 0 saturated heterocycles. The van der Waals surface area contributed by atoms with Crippen molar-refractivity contribution >= 4 is 143 Å². The van der Waals surface area contributed by atoms with Crippen molar-refractivity contribution in [1.82, 2.24) is 0 Å². The Morgan fingerprint density at radius 3 is 1.19 bits per heavy atom. The molecule has 0 amide bonds. The van der Waals surface area contributed by atoms with Crippen LogP contribution in [0.3, 0.4) is 0 Å². The van der Waals surface area contributed by atoms with E-state index in [-0.39, 0.29) is 0 Å². The molecule has 11 aromatic carbocycles. The molecule has 0 aliphatic rings. The third-order valence-electron chi connectivity index (χ3n) is 14.0. The molecule has 0 aliphatic carbocycles. The maximum atomic E-state index is 10.8. The highest BCUT2D eigenvalue weighted by Crippen LogP contribution is 2.47. The smallest absolute Gasteiger partial charge is 0.159 e. The van der Waals surface area contributed by atoms with Crippen molar-refractivity contribution < 1.29 is 17.7 Å². The molecule has 70 heavy (non-hydrogen) atoms. The molecular formula is C63H35N3O4. The number of fused-ring (bicyclic) bond motifs is 14. The SMILES string of the molecule is N#Cc1c2oc3cc4cc(N(c5ccccc5)c5cccc6c5oc5ccccc56)ccc4cc3c2cc2c1oc1cc3cc(N(c4ccccc4)c4cccc5c4oc4ccccc45)ccc3cc12. The van der Waals surface area contributed by atoms with Crippen LogP contribution in [-0.2, 0) is 0 Å². The van der Waals surface area contributed by atoms with Gasteiger partial charge in [0.25, 0.3) is 0 Å². The van der Waals surface area contributed by atoms with Crippen molar-refractivity contribution in [2.75, 3.05) is 9.80 Å². The lowest BCUT2D eigenvalue weighted by atomic mass is 10.0. The topological polar surface area (TPSA) is 82.8 Å². The van der Waals surface area contributed by atoms with E-state index >= 15 is 0 Å². The molecule has 0 unspecified atom stereocenters. The van der Waals surface area contributed by atoms with Crippen LogP contribution in [0.5, 0.6) is 0 Å². The van der Waals surface area contributed by atoms with Crippen LogP contribution in [0, 0.1) is 11.3 Å². The van der Waals surface area contributed by atoms with E-state index in [1.165, 1.54) is 0 Å². The van der Waals surface area contributed by atoms with Gasteiger partial charge in [-0.25, -0.2) is 0 Å². The van der Waals surface area contributed by atoms with Crippen LogP contribution in [0.4, 0.5) is 34.1 Å². The van der Waals surface area contributed by atoms with Gasteiger partial charge in [-0.2, -0.15) is 5.26 Å². The van der Waals surface area contributed by atoms with Crippen LogP contribution in [0.15, 0.2) is 230 Å². The standard InChI is InChI=1S/C63H35N3O4/c64-36-53-60-51(49-31-37-25-27-43(29-39(37)33-58(49)69-60)65(41-13-3-1-4-14-41)54-21-11-19-47-45-17-7-9-23-56(45)67-62(47)54)35-52-50-32-38-26-28-44(30-40(38)34-59(50)70-61(52)53)66(42-15-5-2-6-16-42)55-22-12-20-48-46-18-8-10-24-57(46)68-63(48)55/h1-35H. The molecule has 15 aromatic rings. The first kappa shape index (κ1) is 38.3. The molecule has 326 valence electrons. The molecule has 7 nitrogen and oxygen atoms in total. The number of para-hydroxylation sites is 6. The number of anilines is 6. The van der Waals surface area contributed by atoms with Gasteiger partial charge in [-0.05, 0) is 125 Å². The summed E-state index contributed by atoms with van der Waals surface area (Å²) in [7, 11) is 0. The Morgan fingerprint density at radius 2 is 0.714 bits per heavy atom. The number of furan rings is 4. The van der Waals surface area contributed by atoms with E-state index in [2.05, 4.69) is 180 Å². The first-order chi connectivity index (χ1) is 34.6. The highest BCUT2D eigenvalue weighted by atomic mass is 16.3. The van der Waals surface area contributed by atoms with Crippen molar-refractivity contribution in [2.24, 2.45) is 0 Å². The Balaban J connectivity index is 0.860. The molecule has 0 bridgehead atoms. The molecule has 4 aromatic heterocycles. The van der Waals surface area contributed by atoms with Gasteiger partial charge in [-0.3, -0.25) is 0 Å². The lowest BCUT2D eigenvalue weighted by Gasteiger charge is -2.25. The fourth-order valence-electron chi connectivity index (χ4n) is 10.8. The zero-order valence-corrected chi connectivity index (χ0v) is 37.2. The van der Waals surface area contributed by atoms with Crippen LogP contribution < -0.4 is 9.80 Å². The highest BCUT2D eigenvalue weighted by Gasteiger charge is 2.24. The molecule has 0 spiro atoms. The predicted molar refractivity (Wildman–Crippen MR) is 285 cm³/mol. The summed E-state index contributed by atoms with van der Waals surface area (Å²) in [6.07, 6.45) is 0. The number of hydrogen-bond acceptors (Lipinski definition) is 7. The number of rotatable bonds is 6. The Morgan fingerprint density at radius 1 is 0.286 bits per heavy atom. The maximum Gasteiger partial charge on any atom is 0.159 e. The molecule has 0 N–H and O–H groups in total. The average molecular weight is 898 g/mol. The Bertz CT molecular complexity index is 4400. The van der Waals surface area contributed by atoms with Gasteiger partial charge in [0.05, 0.1) is 11.4 Å². The van der Waals surface area contributed by atoms with E-state index in [1.807, 2.05) is 48.5 Å². The Labute approximate surface area is 398 Å². The molecule has 0 radical (unpaired) electrons. The third-order valence-corrected chi connectivity index (χ3v) is 14.0. The summed E-state index contributed by atoms with van der Waals surface area (Å²) in [5, 5.41) is 22.8. The van der Waals surface area contributed by atoms with Gasteiger partial charge in [0.2, 0.25) is 0 Å². The molecular weight excluding hydrogens is 863 g/mol. The van der Waals surface area contributed by atoms with E-state index in [0.29, 0.717) is 27.9 Å². The minimum absolute atomic E-state index is 0.373. The summed E-state index contributed by atoms with van der Waals surface area (Å²) < 4.78 is 26.5. The summed E-state index contributed by atoms with van der Waals surface area (Å²) in [5.41, 5.74) is 12.0. The summed E-state index contributed by atoms with van der Waals surface area (Å²) in [5.74, 6) is 0. The Hall–Kier alpha value is -9.77. The van der Waals surface area contributed by atoms with Gasteiger partial charge in [-0.1, -0.05) is 109 Å². The fraction of sp³-hybridized carbons (Fsp3) is 0. The van der Waals surface area contributed by atoms with Crippen LogP contribution in [0.2, 0.25) is 0 Å². The second-order valence-corrected chi connectivity index (χ2v) is 17.9. The van der Waals surface area contributed by atoms with Crippen molar-refractivity contribution in [1.29, 1.82) is 5.26 Å². The minimum Gasteiger partial charge on any atom is -0.454 e. The molecule has 15 rings (SSSR count). The lowest BCUT2D eigenvalue weighted by Crippen LogP contribution is -2.10. The van der Waals surface area contributed by atoms with Gasteiger partial charge in [0.15, 0.2) is 22.3 Å². The summed E-state index contributed by atoms with van der Waals surface area (Å²) >= 11 is 0. The monoisotopic (exact) mass is 897 g/mol. The molecule has 0 atom stereocenters. The summed E-state index contributed by atoms with van der Waals surface area (Å²) in [6, 6.07) is 75.8. The number of nitriles is 1. The van der Waals surface area contributed by atoms with E-state index in [9.17, 15) is 5.26 Å². The molecule has 0 aliphatic heterocycles. The third kappa shape index (κ3) is 5.62. The molecule has 0 fully saturated rings. The first-order valence-corrected chi connectivity index (χ1v) is 23.3. The highest BCUT2D eigenvalue weighted by molar-refractivity contribution is 6.21. The molecule has 0 saturated carbocycles. The zero-order valence-electron chi connectivity index (χ0n) is 37.2. The fourth-order valence-corrected chi connectivity index (χ4v) is 10.8. The van der Waals surface area contributed by atoms with Crippen LogP contribution in [0.25, 0.3) is 109 Å². The largest absolute Gasteiger partial charge is 0.454 e. The van der Waals surface area contributed by atoms with Crippen LogP contribution >= 0.6 is 0 Å². The van der Waals surface area contributed by atoms with Gasteiger partial charge >= 0.3 is 0 Å². The summed E-state index contributed by atoms with van der Waals surface area (Å²) in [4.78, 5) is 4.49. The number of nitrogens with zero attached hydrogens (tertiary/aromatic N) is 3. The normalized spacial score (nSPS) is 12.0. The molecule has 7 heteroatoms. The lowest BCUT2D eigenvalue weighted by molar-refractivity contribution is 0.654. The predicted octanol–water partition coefficient (Wildman–Crippen LogP) is 18.4. The van der Waals surface area contributed by atoms with E-state index in [1.54, 1.807) is 0 Å². The van der Waals surface area contributed by atoms with E-state index in [0.717, 1.165) is 121 Å². The second-order valence-electron chi connectivity index (χ2n) is 17.9. The van der Waals surface area contributed by atoms with Gasteiger partial charge in [-0.15, -0.1) is 0 Å². The molecule has 4 heterocycles.